The quantitative estimate of drug-likeness (QED) is 0.894. The number of sulfone groups is 1. The summed E-state index contributed by atoms with van der Waals surface area (Å²) in [6.45, 7) is -0.114. The van der Waals surface area contributed by atoms with E-state index in [0.29, 0.717) is 17.9 Å². The summed E-state index contributed by atoms with van der Waals surface area (Å²) in [5.74, 6) is 1.08. The molecule has 0 aliphatic carbocycles. The molecule has 0 radical (unpaired) electrons. The van der Waals surface area contributed by atoms with Gasteiger partial charge in [0.1, 0.15) is 0 Å². The Morgan fingerprint density at radius 1 is 1.63 bits per heavy atom. The van der Waals surface area contributed by atoms with Gasteiger partial charge in [-0.05, 0) is 6.42 Å². The van der Waals surface area contributed by atoms with Crippen molar-refractivity contribution in [3.8, 4) is 0 Å². The van der Waals surface area contributed by atoms with Crippen LogP contribution < -0.4 is 4.90 Å². The van der Waals surface area contributed by atoms with E-state index >= 15 is 0 Å². The largest absolute Gasteiger partial charge is 0.390 e. The molecule has 1 unspecified atom stereocenters. The summed E-state index contributed by atoms with van der Waals surface area (Å²) in [6.07, 6.45) is 2.48. The summed E-state index contributed by atoms with van der Waals surface area (Å²) in [5.41, 5.74) is 0.711. The number of imidazole rings is 1. The second-order valence-corrected chi connectivity index (χ2v) is 7.87. The van der Waals surface area contributed by atoms with E-state index in [2.05, 4.69) is 4.98 Å². The van der Waals surface area contributed by atoms with Crippen LogP contribution in [0.4, 0.5) is 5.82 Å². The molecule has 1 aliphatic heterocycles. The fourth-order valence-corrected chi connectivity index (χ4v) is 5.01. The maximum Gasteiger partial charge on any atom is 0.195 e. The van der Waals surface area contributed by atoms with Crippen LogP contribution in [0.5, 0.6) is 0 Å². The van der Waals surface area contributed by atoms with Crippen LogP contribution in [0.2, 0.25) is 0 Å². The number of rotatable bonds is 3. The SMILES string of the molecule is CN(c1nc2sccn2c1CO)C1CCS(=O)(=O)C1. The molecule has 0 bridgehead atoms. The van der Waals surface area contributed by atoms with E-state index in [1.165, 1.54) is 11.3 Å². The van der Waals surface area contributed by atoms with Crippen molar-refractivity contribution in [2.75, 3.05) is 23.5 Å². The van der Waals surface area contributed by atoms with Gasteiger partial charge in [0, 0.05) is 24.7 Å². The lowest BCUT2D eigenvalue weighted by Gasteiger charge is -2.24. The smallest absolute Gasteiger partial charge is 0.195 e. The van der Waals surface area contributed by atoms with Crippen LogP contribution in [0, 0.1) is 0 Å². The number of aliphatic hydroxyl groups is 1. The second-order valence-electron chi connectivity index (χ2n) is 4.76. The van der Waals surface area contributed by atoms with E-state index in [4.69, 9.17) is 0 Å². The predicted molar refractivity (Wildman–Crippen MR) is 74.5 cm³/mol. The first kappa shape index (κ1) is 12.9. The van der Waals surface area contributed by atoms with Crippen molar-refractivity contribution < 1.29 is 13.5 Å². The Balaban J connectivity index is 1.97. The van der Waals surface area contributed by atoms with Crippen molar-refractivity contribution in [3.63, 3.8) is 0 Å². The lowest BCUT2D eigenvalue weighted by molar-refractivity contribution is 0.276. The van der Waals surface area contributed by atoms with Gasteiger partial charge in [0.25, 0.3) is 0 Å². The first-order valence-electron chi connectivity index (χ1n) is 6.00. The highest BCUT2D eigenvalue weighted by molar-refractivity contribution is 7.91. The minimum Gasteiger partial charge on any atom is -0.390 e. The predicted octanol–water partition coefficient (Wildman–Crippen LogP) is 0.511. The number of fused-ring (bicyclic) bond motifs is 1. The molecule has 2 aromatic rings. The molecule has 6 nitrogen and oxygen atoms in total. The number of hydrogen-bond acceptors (Lipinski definition) is 6. The zero-order chi connectivity index (χ0) is 13.6. The Kier molecular flexibility index (Phi) is 3.03. The van der Waals surface area contributed by atoms with E-state index in [-0.39, 0.29) is 24.2 Å². The number of anilines is 1. The normalized spacial score (nSPS) is 22.1. The molecule has 0 saturated carbocycles. The molecule has 1 atom stereocenters. The topological polar surface area (TPSA) is 74.9 Å². The van der Waals surface area contributed by atoms with Gasteiger partial charge in [-0.3, -0.25) is 4.40 Å². The third kappa shape index (κ3) is 2.13. The van der Waals surface area contributed by atoms with E-state index < -0.39 is 9.84 Å². The van der Waals surface area contributed by atoms with Crippen molar-refractivity contribution in [1.82, 2.24) is 9.38 Å². The van der Waals surface area contributed by atoms with Gasteiger partial charge in [-0.25, -0.2) is 13.4 Å². The van der Waals surface area contributed by atoms with Crippen LogP contribution in [-0.2, 0) is 16.4 Å². The fraction of sp³-hybridized carbons (Fsp3) is 0.545. The molecule has 1 aliphatic rings. The Morgan fingerprint density at radius 3 is 3.05 bits per heavy atom. The molecule has 0 aromatic carbocycles. The summed E-state index contributed by atoms with van der Waals surface area (Å²) in [5, 5.41) is 11.4. The zero-order valence-electron chi connectivity index (χ0n) is 10.5. The molecule has 8 heteroatoms. The van der Waals surface area contributed by atoms with Crippen LogP contribution >= 0.6 is 11.3 Å². The molecular weight excluding hydrogens is 286 g/mol. The van der Waals surface area contributed by atoms with Crippen LogP contribution in [-0.4, -0.2) is 47.5 Å². The molecule has 3 rings (SSSR count). The molecule has 0 spiro atoms. The summed E-state index contributed by atoms with van der Waals surface area (Å²) in [7, 11) is -1.08. The highest BCUT2D eigenvalue weighted by Gasteiger charge is 2.32. The highest BCUT2D eigenvalue weighted by atomic mass is 32.2. The van der Waals surface area contributed by atoms with Crippen molar-refractivity contribution in [1.29, 1.82) is 0 Å². The molecule has 19 heavy (non-hydrogen) atoms. The van der Waals surface area contributed by atoms with Gasteiger partial charge >= 0.3 is 0 Å². The lowest BCUT2D eigenvalue weighted by Crippen LogP contribution is -2.33. The Hall–Kier alpha value is -1.12. The van der Waals surface area contributed by atoms with Crippen molar-refractivity contribution in [2.24, 2.45) is 0 Å². The Morgan fingerprint density at radius 2 is 2.42 bits per heavy atom. The Labute approximate surface area is 115 Å². The average molecular weight is 301 g/mol. The molecule has 1 N–H and O–H groups in total. The average Bonchev–Trinajstić information content (AvgIpc) is 3.00. The summed E-state index contributed by atoms with van der Waals surface area (Å²) in [4.78, 5) is 7.18. The molecule has 104 valence electrons. The van der Waals surface area contributed by atoms with Gasteiger partial charge in [-0.2, -0.15) is 0 Å². The van der Waals surface area contributed by atoms with E-state index in [0.717, 1.165) is 4.96 Å². The van der Waals surface area contributed by atoms with Crippen molar-refractivity contribution >= 4 is 32.0 Å². The van der Waals surface area contributed by atoms with Crippen molar-refractivity contribution in [2.45, 2.75) is 19.1 Å². The molecule has 3 heterocycles. The second kappa shape index (κ2) is 4.46. The molecule has 1 saturated heterocycles. The fourth-order valence-electron chi connectivity index (χ4n) is 2.50. The summed E-state index contributed by atoms with van der Waals surface area (Å²) >= 11 is 1.49. The van der Waals surface area contributed by atoms with Crippen LogP contribution in [0.25, 0.3) is 4.96 Å². The first-order valence-corrected chi connectivity index (χ1v) is 8.70. The Bertz CT molecular complexity index is 704. The molecule has 0 amide bonds. The number of nitrogens with zero attached hydrogens (tertiary/aromatic N) is 3. The monoisotopic (exact) mass is 301 g/mol. The standard InChI is InChI=1S/C11H15N3O3S2/c1-13(8-2-5-19(16,17)7-8)10-9(6-15)14-3-4-18-11(14)12-10/h3-4,8,15H,2,5-7H2,1H3. The maximum atomic E-state index is 11.6. The van der Waals surface area contributed by atoms with Gasteiger partial charge in [0.2, 0.25) is 0 Å². The zero-order valence-corrected chi connectivity index (χ0v) is 12.1. The van der Waals surface area contributed by atoms with Crippen LogP contribution in [0.1, 0.15) is 12.1 Å². The van der Waals surface area contributed by atoms with E-state index in [9.17, 15) is 13.5 Å². The van der Waals surface area contributed by atoms with Gasteiger partial charge < -0.3 is 10.0 Å². The summed E-state index contributed by atoms with van der Waals surface area (Å²) < 4.78 is 25.0. The van der Waals surface area contributed by atoms with Crippen LogP contribution in [0.15, 0.2) is 11.6 Å². The lowest BCUT2D eigenvalue weighted by atomic mass is 10.2. The highest BCUT2D eigenvalue weighted by Crippen LogP contribution is 2.28. The molecule has 1 fully saturated rings. The van der Waals surface area contributed by atoms with E-state index in [1.54, 1.807) is 0 Å². The maximum absolute atomic E-state index is 11.6. The minimum atomic E-state index is -2.92. The molecular formula is C11H15N3O3S2. The first-order chi connectivity index (χ1) is 9.02. The number of hydrogen-bond donors (Lipinski definition) is 1. The number of aliphatic hydroxyl groups excluding tert-OH is 1. The van der Waals surface area contributed by atoms with Gasteiger partial charge in [-0.15, -0.1) is 11.3 Å². The summed E-state index contributed by atoms with van der Waals surface area (Å²) in [6, 6.07) is -0.0556. The van der Waals surface area contributed by atoms with Crippen molar-refractivity contribution in [3.05, 3.63) is 17.3 Å². The minimum absolute atomic E-state index is 0.0556. The van der Waals surface area contributed by atoms with E-state index in [1.807, 2.05) is 27.9 Å². The third-order valence-electron chi connectivity index (χ3n) is 3.58. The van der Waals surface area contributed by atoms with Crippen LogP contribution in [0.3, 0.4) is 0 Å². The number of aromatic nitrogens is 2. The van der Waals surface area contributed by atoms with Gasteiger partial charge in [0.05, 0.1) is 23.8 Å². The third-order valence-corrected chi connectivity index (χ3v) is 6.09. The molecule has 2 aromatic heterocycles. The number of thiazole rings is 1. The van der Waals surface area contributed by atoms with Gasteiger partial charge in [-0.1, -0.05) is 0 Å². The van der Waals surface area contributed by atoms with Gasteiger partial charge in [0.15, 0.2) is 20.6 Å².